The molecule has 1 aliphatic heterocycles. The maximum Gasteiger partial charge on any atom is 0.490 e. The maximum absolute atomic E-state index is 10.6. The topological polar surface area (TPSA) is 70.7 Å². The Morgan fingerprint density at radius 1 is 1.00 bits per heavy atom. The lowest BCUT2D eigenvalue weighted by molar-refractivity contribution is -0.192. The van der Waals surface area contributed by atoms with E-state index in [1.165, 1.54) is 56.4 Å². The third-order valence-corrected chi connectivity index (χ3v) is 5.86. The molecule has 32 heavy (non-hydrogen) atoms. The number of nitrogens with zero attached hydrogens (tertiary/aromatic N) is 4. The largest absolute Gasteiger partial charge is 0.490 e. The number of aromatic nitrogens is 3. The van der Waals surface area contributed by atoms with Gasteiger partial charge in [0, 0.05) is 24.2 Å². The molecule has 9 heteroatoms. The van der Waals surface area contributed by atoms with Crippen LogP contribution in [0.25, 0.3) is 16.8 Å². The summed E-state index contributed by atoms with van der Waals surface area (Å²) in [6.07, 6.45) is 2.28. The lowest BCUT2D eigenvalue weighted by atomic mass is 9.96. The molecule has 1 aliphatic carbocycles. The number of hydrogen-bond acceptors (Lipinski definition) is 4. The second-order valence-electron chi connectivity index (χ2n) is 8.38. The van der Waals surface area contributed by atoms with Gasteiger partial charge >= 0.3 is 12.1 Å². The predicted molar refractivity (Wildman–Crippen MR) is 113 cm³/mol. The fraction of sp³-hybridized carbons (Fsp3) is 0.435. The standard InChI is InChI=1S/C21H24N4.C2HF3O2/c1-2-4-17(5-3-1)19-8-9-20-22-21(23-25(20)15-19)18-10-12-24(13-11-18)14-16-6-7-16;3-2(4,5)1(6)7/h1-5,8-9,15-16,18H,6-7,10-14H2;(H,6,7). The normalized spacial score (nSPS) is 17.7. The Bertz CT molecular complexity index is 1060. The van der Waals surface area contributed by atoms with Crippen molar-refractivity contribution < 1.29 is 23.1 Å². The number of piperidine rings is 1. The van der Waals surface area contributed by atoms with Crippen molar-refractivity contribution in [3.05, 3.63) is 54.5 Å². The van der Waals surface area contributed by atoms with E-state index >= 15 is 0 Å². The van der Waals surface area contributed by atoms with Gasteiger partial charge in [-0.15, -0.1) is 0 Å². The van der Waals surface area contributed by atoms with E-state index in [2.05, 4.69) is 47.5 Å². The molecule has 0 atom stereocenters. The number of benzene rings is 1. The molecule has 2 aromatic heterocycles. The number of aliphatic carboxylic acids is 1. The van der Waals surface area contributed by atoms with Crippen LogP contribution in [0.4, 0.5) is 13.2 Å². The Morgan fingerprint density at radius 3 is 2.25 bits per heavy atom. The summed E-state index contributed by atoms with van der Waals surface area (Å²) in [5.74, 6) is -0.236. The van der Waals surface area contributed by atoms with E-state index in [9.17, 15) is 13.2 Å². The number of likely N-dealkylation sites (tertiary alicyclic amines) is 1. The second kappa shape index (κ2) is 9.28. The van der Waals surface area contributed by atoms with Crippen LogP contribution in [0.3, 0.4) is 0 Å². The van der Waals surface area contributed by atoms with Gasteiger partial charge in [-0.05, 0) is 62.4 Å². The van der Waals surface area contributed by atoms with Gasteiger partial charge in [0.05, 0.1) is 0 Å². The first-order chi connectivity index (χ1) is 15.3. The van der Waals surface area contributed by atoms with Gasteiger partial charge in [-0.2, -0.15) is 18.3 Å². The van der Waals surface area contributed by atoms with E-state index in [0.29, 0.717) is 5.92 Å². The monoisotopic (exact) mass is 446 g/mol. The molecule has 5 rings (SSSR count). The van der Waals surface area contributed by atoms with Crippen LogP contribution < -0.4 is 0 Å². The highest BCUT2D eigenvalue weighted by Gasteiger charge is 2.38. The third kappa shape index (κ3) is 5.64. The zero-order valence-electron chi connectivity index (χ0n) is 17.5. The number of alkyl halides is 3. The van der Waals surface area contributed by atoms with Crippen molar-refractivity contribution in [2.75, 3.05) is 19.6 Å². The predicted octanol–water partition coefficient (Wildman–Crippen LogP) is 4.62. The molecule has 0 unspecified atom stereocenters. The van der Waals surface area contributed by atoms with Crippen LogP contribution in [0.2, 0.25) is 0 Å². The summed E-state index contributed by atoms with van der Waals surface area (Å²) < 4.78 is 33.7. The van der Waals surface area contributed by atoms with E-state index < -0.39 is 12.1 Å². The number of carbonyl (C=O) groups is 1. The van der Waals surface area contributed by atoms with Gasteiger partial charge < -0.3 is 10.0 Å². The summed E-state index contributed by atoms with van der Waals surface area (Å²) in [4.78, 5) is 16.3. The first kappa shape index (κ1) is 22.3. The van der Waals surface area contributed by atoms with Crippen molar-refractivity contribution in [3.63, 3.8) is 0 Å². The van der Waals surface area contributed by atoms with E-state index in [1.807, 2.05) is 10.6 Å². The summed E-state index contributed by atoms with van der Waals surface area (Å²) in [7, 11) is 0. The minimum Gasteiger partial charge on any atom is -0.475 e. The minimum atomic E-state index is -5.08. The third-order valence-electron chi connectivity index (χ3n) is 5.86. The van der Waals surface area contributed by atoms with Gasteiger partial charge in [0.2, 0.25) is 0 Å². The molecule has 3 heterocycles. The van der Waals surface area contributed by atoms with Crippen LogP contribution >= 0.6 is 0 Å². The summed E-state index contributed by atoms with van der Waals surface area (Å²) >= 11 is 0. The Labute approximate surface area is 183 Å². The van der Waals surface area contributed by atoms with Gasteiger partial charge in [0.1, 0.15) is 0 Å². The molecule has 2 fully saturated rings. The molecule has 1 saturated carbocycles. The highest BCUT2D eigenvalue weighted by Crippen LogP contribution is 2.33. The number of rotatable bonds is 4. The number of fused-ring (bicyclic) bond motifs is 1. The molecular formula is C23H25F3N4O2. The maximum atomic E-state index is 10.6. The van der Waals surface area contributed by atoms with Crippen molar-refractivity contribution in [2.24, 2.45) is 5.92 Å². The van der Waals surface area contributed by atoms with Crippen molar-refractivity contribution >= 4 is 11.6 Å². The van der Waals surface area contributed by atoms with Crippen LogP contribution in [0.5, 0.6) is 0 Å². The number of carboxylic acids is 1. The molecule has 6 nitrogen and oxygen atoms in total. The lowest BCUT2D eigenvalue weighted by Gasteiger charge is -2.30. The zero-order valence-corrected chi connectivity index (χ0v) is 17.5. The number of halogens is 3. The van der Waals surface area contributed by atoms with Gasteiger partial charge in [0.25, 0.3) is 0 Å². The van der Waals surface area contributed by atoms with Crippen LogP contribution in [-0.4, -0.2) is 56.4 Å². The van der Waals surface area contributed by atoms with Crippen LogP contribution in [0, 0.1) is 5.92 Å². The van der Waals surface area contributed by atoms with Crippen LogP contribution in [0.15, 0.2) is 48.7 Å². The highest BCUT2D eigenvalue weighted by atomic mass is 19.4. The quantitative estimate of drug-likeness (QED) is 0.633. The Kier molecular flexibility index (Phi) is 6.45. The number of carboxylic acid groups (broad SMARTS) is 1. The van der Waals surface area contributed by atoms with E-state index in [1.54, 1.807) is 0 Å². The molecule has 1 aromatic carbocycles. The van der Waals surface area contributed by atoms with Crippen molar-refractivity contribution in [2.45, 2.75) is 37.8 Å². The van der Waals surface area contributed by atoms with Crippen molar-refractivity contribution in [3.8, 4) is 11.1 Å². The van der Waals surface area contributed by atoms with Crippen LogP contribution in [0.1, 0.15) is 37.4 Å². The first-order valence-corrected chi connectivity index (χ1v) is 10.7. The average Bonchev–Trinajstić information content (AvgIpc) is 3.49. The Morgan fingerprint density at radius 2 is 1.66 bits per heavy atom. The molecule has 0 amide bonds. The highest BCUT2D eigenvalue weighted by molar-refractivity contribution is 5.73. The fourth-order valence-corrected chi connectivity index (χ4v) is 3.91. The van der Waals surface area contributed by atoms with E-state index in [4.69, 9.17) is 20.0 Å². The molecule has 2 aliphatic rings. The van der Waals surface area contributed by atoms with Gasteiger partial charge in [-0.3, -0.25) is 0 Å². The molecule has 0 radical (unpaired) electrons. The van der Waals surface area contributed by atoms with Crippen LogP contribution in [-0.2, 0) is 4.79 Å². The fourth-order valence-electron chi connectivity index (χ4n) is 3.91. The number of pyridine rings is 1. The van der Waals surface area contributed by atoms with Gasteiger partial charge in [-0.1, -0.05) is 30.3 Å². The van der Waals surface area contributed by atoms with Gasteiger partial charge in [0.15, 0.2) is 11.5 Å². The molecule has 0 bridgehead atoms. The molecule has 1 N–H and O–H groups in total. The average molecular weight is 446 g/mol. The lowest BCUT2D eigenvalue weighted by Crippen LogP contribution is -2.34. The SMILES string of the molecule is O=C(O)C(F)(F)F.c1ccc(-c2ccc3nc(C4CCN(CC5CC5)CC4)nn3c2)cc1. The first-order valence-electron chi connectivity index (χ1n) is 10.7. The Hall–Kier alpha value is -2.94. The van der Waals surface area contributed by atoms with E-state index in [0.717, 1.165) is 17.4 Å². The Balaban J connectivity index is 0.000000307. The molecule has 3 aromatic rings. The summed E-state index contributed by atoms with van der Waals surface area (Å²) in [6.45, 7) is 3.71. The zero-order chi connectivity index (χ0) is 22.7. The molecule has 170 valence electrons. The van der Waals surface area contributed by atoms with Gasteiger partial charge in [-0.25, -0.2) is 14.3 Å². The smallest absolute Gasteiger partial charge is 0.475 e. The summed E-state index contributed by atoms with van der Waals surface area (Å²) in [5, 5.41) is 11.9. The molecule has 0 spiro atoms. The molecular weight excluding hydrogens is 421 g/mol. The van der Waals surface area contributed by atoms with Crippen molar-refractivity contribution in [1.82, 2.24) is 19.5 Å². The number of hydrogen-bond donors (Lipinski definition) is 1. The summed E-state index contributed by atoms with van der Waals surface area (Å²) in [5.41, 5.74) is 3.36. The van der Waals surface area contributed by atoms with E-state index in [-0.39, 0.29) is 0 Å². The molecule has 1 saturated heterocycles. The summed E-state index contributed by atoms with van der Waals surface area (Å²) in [6, 6.07) is 14.7. The van der Waals surface area contributed by atoms with Crippen molar-refractivity contribution in [1.29, 1.82) is 0 Å². The second-order valence-corrected chi connectivity index (χ2v) is 8.38. The minimum absolute atomic E-state index is 0.510.